The first-order valence-corrected chi connectivity index (χ1v) is 6.13. The van der Waals surface area contributed by atoms with Gasteiger partial charge in [0.15, 0.2) is 0 Å². The fraction of sp³-hybridized carbons (Fsp3) is 0. The first kappa shape index (κ1) is 9.67. The lowest BCUT2D eigenvalue weighted by molar-refractivity contribution is 1.76. The van der Waals surface area contributed by atoms with Crippen LogP contribution >= 0.6 is 0 Å². The minimum absolute atomic E-state index is 1.25. The Balaban J connectivity index is 2.27. The molecule has 0 fully saturated rings. The zero-order valence-electron chi connectivity index (χ0n) is 9.85. The molecule has 0 aliphatic carbocycles. The van der Waals surface area contributed by atoms with Crippen LogP contribution in [-0.4, -0.2) is 0 Å². The summed E-state index contributed by atoms with van der Waals surface area (Å²) in [5.74, 6) is 0. The van der Waals surface area contributed by atoms with Crippen molar-refractivity contribution in [3.8, 4) is 0 Å². The number of hydrogen-bond donors (Lipinski definition) is 0. The summed E-state index contributed by atoms with van der Waals surface area (Å²) in [6.45, 7) is 0. The van der Waals surface area contributed by atoms with Gasteiger partial charge in [-0.05, 0) is 56.6 Å². The Kier molecular flexibility index (Phi) is 1.92. The van der Waals surface area contributed by atoms with E-state index >= 15 is 0 Å². The predicted molar refractivity (Wildman–Crippen MR) is 77.8 cm³/mol. The molecule has 0 aliphatic heterocycles. The van der Waals surface area contributed by atoms with E-state index in [0.717, 1.165) is 0 Å². The Labute approximate surface area is 105 Å². The highest BCUT2D eigenvalue weighted by molar-refractivity contribution is 6.11. The monoisotopic (exact) mass is 227 g/mol. The molecule has 0 aromatic heterocycles. The average Bonchev–Trinajstić information content (AvgIpc) is 2.45. The summed E-state index contributed by atoms with van der Waals surface area (Å²) in [4.78, 5) is 0. The highest BCUT2D eigenvalue weighted by Gasteiger charge is 2.01. The third kappa shape index (κ3) is 1.32. The van der Waals surface area contributed by atoms with Crippen molar-refractivity contribution in [2.24, 2.45) is 0 Å². The molecule has 4 rings (SSSR count). The lowest BCUT2D eigenvalue weighted by atomic mass is 9.98. The maximum Gasteiger partial charge on any atom is -0.00990 e. The molecular weight excluding hydrogens is 216 g/mol. The largest absolute Gasteiger partial charge is 0.0616 e. The Hall–Kier alpha value is -2.34. The molecule has 0 atom stereocenters. The van der Waals surface area contributed by atoms with Crippen LogP contribution in [0.15, 0.2) is 66.7 Å². The number of rotatable bonds is 0. The van der Waals surface area contributed by atoms with E-state index in [1.54, 1.807) is 0 Å². The van der Waals surface area contributed by atoms with Crippen molar-refractivity contribution in [3.05, 3.63) is 72.8 Å². The molecule has 4 aromatic carbocycles. The molecule has 4 aromatic rings. The zero-order valence-corrected chi connectivity index (χ0v) is 9.85. The van der Waals surface area contributed by atoms with Crippen molar-refractivity contribution in [2.75, 3.05) is 0 Å². The summed E-state index contributed by atoms with van der Waals surface area (Å²) in [6, 6.07) is 26.7. The van der Waals surface area contributed by atoms with Crippen molar-refractivity contribution >= 4 is 32.3 Å². The molecule has 0 aliphatic rings. The Bertz CT molecular complexity index is 866. The zero-order chi connectivity index (χ0) is 11.9. The van der Waals surface area contributed by atoms with Gasteiger partial charge in [0, 0.05) is 0 Å². The summed E-state index contributed by atoms with van der Waals surface area (Å²) in [5.41, 5.74) is 0. The van der Waals surface area contributed by atoms with E-state index in [-0.39, 0.29) is 0 Å². The molecular formula is C18H11. The summed E-state index contributed by atoms with van der Waals surface area (Å²) in [7, 11) is 0. The molecule has 0 spiro atoms. The summed E-state index contributed by atoms with van der Waals surface area (Å²) >= 11 is 0. The number of hydrogen-bond acceptors (Lipinski definition) is 0. The Morgan fingerprint density at radius 2 is 1.39 bits per heavy atom. The number of benzene rings is 4. The van der Waals surface area contributed by atoms with E-state index in [9.17, 15) is 0 Å². The molecule has 0 unspecified atom stereocenters. The Morgan fingerprint density at radius 3 is 2.28 bits per heavy atom. The number of fused-ring (bicyclic) bond motifs is 4. The second-order valence-electron chi connectivity index (χ2n) is 4.63. The predicted octanol–water partition coefficient (Wildman–Crippen LogP) is 4.95. The SMILES string of the molecule is [c]1ccc2c(c1)ccc1cc3ccccc3cc12. The molecule has 0 heteroatoms. The average molecular weight is 227 g/mol. The first-order valence-electron chi connectivity index (χ1n) is 6.13. The maximum atomic E-state index is 3.14. The van der Waals surface area contributed by atoms with Gasteiger partial charge < -0.3 is 0 Å². The van der Waals surface area contributed by atoms with Crippen LogP contribution in [0.2, 0.25) is 0 Å². The van der Waals surface area contributed by atoms with Gasteiger partial charge in [0.1, 0.15) is 0 Å². The van der Waals surface area contributed by atoms with E-state index in [1.807, 2.05) is 12.1 Å². The lowest BCUT2D eigenvalue weighted by Crippen LogP contribution is -1.79. The van der Waals surface area contributed by atoms with Crippen molar-refractivity contribution in [1.82, 2.24) is 0 Å². The van der Waals surface area contributed by atoms with Crippen LogP contribution in [-0.2, 0) is 0 Å². The van der Waals surface area contributed by atoms with Crippen molar-refractivity contribution in [3.63, 3.8) is 0 Å². The van der Waals surface area contributed by atoms with Crippen molar-refractivity contribution < 1.29 is 0 Å². The van der Waals surface area contributed by atoms with Crippen molar-refractivity contribution in [2.45, 2.75) is 0 Å². The van der Waals surface area contributed by atoms with Gasteiger partial charge in [-0.1, -0.05) is 48.5 Å². The van der Waals surface area contributed by atoms with Gasteiger partial charge in [-0.25, -0.2) is 0 Å². The molecule has 0 amide bonds. The van der Waals surface area contributed by atoms with Gasteiger partial charge in [-0.15, -0.1) is 0 Å². The molecule has 0 bridgehead atoms. The summed E-state index contributed by atoms with van der Waals surface area (Å²) in [5, 5.41) is 7.77. The molecule has 0 heterocycles. The summed E-state index contributed by atoms with van der Waals surface area (Å²) < 4.78 is 0. The highest BCUT2D eigenvalue weighted by atomic mass is 14.1. The molecule has 0 N–H and O–H groups in total. The van der Waals surface area contributed by atoms with Crippen LogP contribution in [0.1, 0.15) is 0 Å². The highest BCUT2D eigenvalue weighted by Crippen LogP contribution is 2.29. The van der Waals surface area contributed by atoms with E-state index < -0.39 is 0 Å². The van der Waals surface area contributed by atoms with Crippen LogP contribution in [0.25, 0.3) is 32.3 Å². The van der Waals surface area contributed by atoms with Gasteiger partial charge in [0.2, 0.25) is 0 Å². The van der Waals surface area contributed by atoms with Crippen LogP contribution in [0, 0.1) is 6.07 Å². The van der Waals surface area contributed by atoms with Gasteiger partial charge in [0.25, 0.3) is 0 Å². The second kappa shape index (κ2) is 3.58. The third-order valence-electron chi connectivity index (χ3n) is 3.55. The van der Waals surface area contributed by atoms with Crippen LogP contribution in [0.3, 0.4) is 0 Å². The van der Waals surface area contributed by atoms with Gasteiger partial charge in [-0.2, -0.15) is 0 Å². The van der Waals surface area contributed by atoms with E-state index in [1.165, 1.54) is 32.3 Å². The maximum absolute atomic E-state index is 3.14. The first-order chi connectivity index (χ1) is 8.92. The minimum Gasteiger partial charge on any atom is -0.0616 e. The smallest absolute Gasteiger partial charge is 0.00990 e. The summed E-state index contributed by atoms with van der Waals surface area (Å²) in [6.07, 6.45) is 0. The lowest BCUT2D eigenvalue weighted by Gasteiger charge is -2.06. The molecule has 0 saturated carbocycles. The molecule has 18 heavy (non-hydrogen) atoms. The van der Waals surface area contributed by atoms with Gasteiger partial charge in [0.05, 0.1) is 0 Å². The fourth-order valence-electron chi connectivity index (χ4n) is 2.64. The van der Waals surface area contributed by atoms with E-state index in [4.69, 9.17) is 0 Å². The Morgan fingerprint density at radius 1 is 0.611 bits per heavy atom. The second-order valence-corrected chi connectivity index (χ2v) is 4.63. The minimum atomic E-state index is 1.25. The van der Waals surface area contributed by atoms with Crippen LogP contribution in [0.4, 0.5) is 0 Å². The molecule has 83 valence electrons. The van der Waals surface area contributed by atoms with E-state index in [0.29, 0.717) is 0 Å². The van der Waals surface area contributed by atoms with E-state index in [2.05, 4.69) is 60.7 Å². The van der Waals surface area contributed by atoms with Crippen molar-refractivity contribution in [1.29, 1.82) is 0 Å². The normalized spacial score (nSPS) is 11.3. The standard InChI is InChI=1S/C18H11/c1-2-7-15-12-18-16(11-14(15)6-1)10-9-13-5-3-4-8-17(13)18/h1-2,4-12H. The fourth-order valence-corrected chi connectivity index (χ4v) is 2.64. The molecule has 0 saturated heterocycles. The van der Waals surface area contributed by atoms with Gasteiger partial charge in [-0.3, -0.25) is 0 Å². The topological polar surface area (TPSA) is 0 Å². The van der Waals surface area contributed by atoms with Gasteiger partial charge >= 0.3 is 0 Å². The quantitative estimate of drug-likeness (QED) is 0.294. The third-order valence-corrected chi connectivity index (χ3v) is 3.55. The molecule has 1 radical (unpaired) electrons. The van der Waals surface area contributed by atoms with Crippen LogP contribution in [0.5, 0.6) is 0 Å². The van der Waals surface area contributed by atoms with Crippen LogP contribution < -0.4 is 0 Å². The molecule has 0 nitrogen and oxygen atoms in total.